The van der Waals surface area contributed by atoms with Crippen molar-refractivity contribution in [2.24, 2.45) is 0 Å². The minimum absolute atomic E-state index is 0.190. The smallest absolute Gasteiger partial charge is 0.129 e. The molecule has 0 atom stereocenters. The predicted molar refractivity (Wildman–Crippen MR) is 65.8 cm³/mol. The van der Waals surface area contributed by atoms with Crippen LogP contribution in [0, 0.1) is 5.82 Å². The molecule has 0 saturated heterocycles. The topological polar surface area (TPSA) is 9.23 Å². The highest BCUT2D eigenvalue weighted by Crippen LogP contribution is 2.22. The molecule has 88 valence electrons. The summed E-state index contributed by atoms with van der Waals surface area (Å²) in [5, 5.41) is 0. The fraction of sp³-hybridized carbons (Fsp3) is 0.538. The zero-order valence-corrected chi connectivity index (χ0v) is 10.8. The van der Waals surface area contributed by atoms with Crippen LogP contribution >= 0.6 is 15.9 Å². The summed E-state index contributed by atoms with van der Waals surface area (Å²) >= 11 is 3.24. The summed E-state index contributed by atoms with van der Waals surface area (Å²) in [6.45, 7) is 0.393. The predicted octanol–water partition coefficient (Wildman–Crippen LogP) is 4.44. The van der Waals surface area contributed by atoms with Crippen molar-refractivity contribution in [1.82, 2.24) is 0 Å². The molecule has 1 nitrogen and oxygen atoms in total. The molecule has 1 aromatic rings. The average Bonchev–Trinajstić information content (AvgIpc) is 2.29. The Kier molecular flexibility index (Phi) is 4.36. The number of benzene rings is 1. The van der Waals surface area contributed by atoms with Gasteiger partial charge in [-0.2, -0.15) is 0 Å². The molecule has 1 saturated carbocycles. The van der Waals surface area contributed by atoms with Gasteiger partial charge in [-0.25, -0.2) is 4.39 Å². The fourth-order valence-electron chi connectivity index (χ4n) is 2.08. The first kappa shape index (κ1) is 12.1. The molecule has 0 aromatic heterocycles. The standard InChI is InChI=1S/C13H16BrFO/c14-11-7-6-10(13(15)8-11)9-16-12-4-2-1-3-5-12/h6-8,12H,1-5,9H2. The quantitative estimate of drug-likeness (QED) is 0.798. The number of rotatable bonds is 3. The van der Waals surface area contributed by atoms with Gasteiger partial charge in [-0.3, -0.25) is 0 Å². The Hall–Kier alpha value is -0.410. The molecular weight excluding hydrogens is 271 g/mol. The van der Waals surface area contributed by atoms with E-state index in [2.05, 4.69) is 15.9 Å². The molecule has 1 fully saturated rings. The monoisotopic (exact) mass is 286 g/mol. The van der Waals surface area contributed by atoms with Crippen molar-refractivity contribution in [1.29, 1.82) is 0 Å². The average molecular weight is 287 g/mol. The van der Waals surface area contributed by atoms with Gasteiger partial charge in [0, 0.05) is 10.0 Å². The van der Waals surface area contributed by atoms with Crippen molar-refractivity contribution in [3.63, 3.8) is 0 Å². The van der Waals surface area contributed by atoms with Gasteiger partial charge in [0.25, 0.3) is 0 Å². The van der Waals surface area contributed by atoms with Crippen LogP contribution in [0.15, 0.2) is 22.7 Å². The van der Waals surface area contributed by atoms with Gasteiger partial charge in [0.1, 0.15) is 5.82 Å². The Morgan fingerprint density at radius 2 is 2.00 bits per heavy atom. The number of halogens is 2. The van der Waals surface area contributed by atoms with Crippen LogP contribution in [-0.2, 0) is 11.3 Å². The van der Waals surface area contributed by atoms with Crippen molar-refractivity contribution < 1.29 is 9.13 Å². The van der Waals surface area contributed by atoms with Crippen LogP contribution in [0.5, 0.6) is 0 Å². The Morgan fingerprint density at radius 1 is 1.25 bits per heavy atom. The van der Waals surface area contributed by atoms with Crippen molar-refractivity contribution in [3.05, 3.63) is 34.1 Å². The third-order valence-corrected chi connectivity index (χ3v) is 3.54. The van der Waals surface area contributed by atoms with E-state index >= 15 is 0 Å². The van der Waals surface area contributed by atoms with Gasteiger partial charge in [-0.15, -0.1) is 0 Å². The van der Waals surface area contributed by atoms with Gasteiger partial charge in [0.05, 0.1) is 12.7 Å². The molecule has 0 spiro atoms. The highest BCUT2D eigenvalue weighted by Gasteiger charge is 2.14. The molecule has 1 aliphatic rings. The van der Waals surface area contributed by atoms with Crippen LogP contribution in [0.25, 0.3) is 0 Å². The molecule has 0 heterocycles. The summed E-state index contributed by atoms with van der Waals surface area (Å²) in [4.78, 5) is 0. The molecular formula is C13H16BrFO. The molecule has 2 rings (SSSR count). The highest BCUT2D eigenvalue weighted by atomic mass is 79.9. The third-order valence-electron chi connectivity index (χ3n) is 3.04. The lowest BCUT2D eigenvalue weighted by Crippen LogP contribution is -2.16. The molecule has 0 radical (unpaired) electrons. The Labute approximate surface area is 104 Å². The van der Waals surface area contributed by atoms with E-state index in [9.17, 15) is 4.39 Å². The molecule has 0 unspecified atom stereocenters. The van der Waals surface area contributed by atoms with Gasteiger partial charge in [-0.05, 0) is 25.0 Å². The molecule has 3 heteroatoms. The first-order chi connectivity index (χ1) is 7.75. The van der Waals surface area contributed by atoms with Gasteiger partial charge in [-0.1, -0.05) is 41.3 Å². The van der Waals surface area contributed by atoms with Gasteiger partial charge >= 0.3 is 0 Å². The molecule has 1 aliphatic carbocycles. The molecule has 0 bridgehead atoms. The highest BCUT2D eigenvalue weighted by molar-refractivity contribution is 9.10. The van der Waals surface area contributed by atoms with E-state index in [0.29, 0.717) is 18.3 Å². The fourth-order valence-corrected chi connectivity index (χ4v) is 2.41. The third kappa shape index (κ3) is 3.29. The summed E-state index contributed by atoms with van der Waals surface area (Å²) in [5.41, 5.74) is 0.647. The summed E-state index contributed by atoms with van der Waals surface area (Å²) in [7, 11) is 0. The van der Waals surface area contributed by atoms with E-state index in [1.165, 1.54) is 25.3 Å². The summed E-state index contributed by atoms with van der Waals surface area (Å²) in [6.07, 6.45) is 6.38. The summed E-state index contributed by atoms with van der Waals surface area (Å²) in [6, 6.07) is 5.12. The van der Waals surface area contributed by atoms with Gasteiger partial charge in [0.2, 0.25) is 0 Å². The Morgan fingerprint density at radius 3 is 2.69 bits per heavy atom. The normalized spacial score (nSPS) is 17.6. The SMILES string of the molecule is Fc1cc(Br)ccc1COC1CCCCC1. The van der Waals surface area contributed by atoms with Crippen LogP contribution < -0.4 is 0 Å². The maximum atomic E-state index is 13.5. The van der Waals surface area contributed by atoms with Crippen LogP contribution in [0.3, 0.4) is 0 Å². The molecule has 0 aliphatic heterocycles. The van der Waals surface area contributed by atoms with Crippen molar-refractivity contribution in [3.8, 4) is 0 Å². The first-order valence-electron chi connectivity index (χ1n) is 5.81. The van der Waals surface area contributed by atoms with Gasteiger partial charge in [0.15, 0.2) is 0 Å². The maximum Gasteiger partial charge on any atom is 0.129 e. The molecule has 0 N–H and O–H groups in total. The van der Waals surface area contributed by atoms with E-state index in [1.54, 1.807) is 6.07 Å². The molecule has 0 amide bonds. The zero-order chi connectivity index (χ0) is 11.4. The summed E-state index contributed by atoms with van der Waals surface area (Å²) < 4.78 is 20.0. The lowest BCUT2D eigenvalue weighted by molar-refractivity contribution is 0.0156. The van der Waals surface area contributed by atoms with Crippen molar-refractivity contribution in [2.45, 2.75) is 44.8 Å². The van der Waals surface area contributed by atoms with Crippen LogP contribution in [-0.4, -0.2) is 6.10 Å². The maximum absolute atomic E-state index is 13.5. The minimum Gasteiger partial charge on any atom is -0.373 e. The van der Waals surface area contributed by atoms with E-state index in [1.807, 2.05) is 6.07 Å². The molecule has 16 heavy (non-hydrogen) atoms. The van der Waals surface area contributed by atoms with Crippen LogP contribution in [0.1, 0.15) is 37.7 Å². The lowest BCUT2D eigenvalue weighted by atomic mass is 9.98. The molecule has 1 aromatic carbocycles. The van der Waals surface area contributed by atoms with E-state index in [-0.39, 0.29) is 5.82 Å². The van der Waals surface area contributed by atoms with E-state index in [4.69, 9.17) is 4.74 Å². The van der Waals surface area contributed by atoms with Crippen LogP contribution in [0.2, 0.25) is 0 Å². The number of hydrogen-bond acceptors (Lipinski definition) is 1. The van der Waals surface area contributed by atoms with Crippen molar-refractivity contribution in [2.75, 3.05) is 0 Å². The second-order valence-electron chi connectivity index (χ2n) is 4.31. The van der Waals surface area contributed by atoms with Crippen molar-refractivity contribution >= 4 is 15.9 Å². The number of ether oxygens (including phenoxy) is 1. The van der Waals surface area contributed by atoms with E-state index in [0.717, 1.165) is 17.3 Å². The summed E-state index contributed by atoms with van der Waals surface area (Å²) in [5.74, 6) is -0.190. The number of hydrogen-bond donors (Lipinski definition) is 0. The first-order valence-corrected chi connectivity index (χ1v) is 6.60. The Bertz CT molecular complexity index is 348. The Balaban J connectivity index is 1.88. The minimum atomic E-state index is -0.190. The second-order valence-corrected chi connectivity index (χ2v) is 5.22. The zero-order valence-electron chi connectivity index (χ0n) is 9.22. The largest absolute Gasteiger partial charge is 0.373 e. The van der Waals surface area contributed by atoms with E-state index < -0.39 is 0 Å². The van der Waals surface area contributed by atoms with Crippen LogP contribution in [0.4, 0.5) is 4.39 Å². The van der Waals surface area contributed by atoms with Gasteiger partial charge < -0.3 is 4.74 Å². The lowest BCUT2D eigenvalue weighted by Gasteiger charge is -2.22. The second kappa shape index (κ2) is 5.78.